The van der Waals surface area contributed by atoms with Gasteiger partial charge < -0.3 is 153 Å². The molecule has 6 aromatic carbocycles. The van der Waals surface area contributed by atoms with E-state index in [4.69, 9.17) is 84.2 Å². The Balaban J connectivity index is 0.959. The molecule has 7 aromatic rings. The molecule has 0 aliphatic carbocycles. The number of benzene rings is 6. The fourth-order valence-electron chi connectivity index (χ4n) is 15.5. The van der Waals surface area contributed by atoms with Crippen LogP contribution >= 0.6 is 57.9 Å². The molecule has 0 saturated carbocycles. The van der Waals surface area contributed by atoms with Crippen LogP contribution in [0.5, 0.6) is 46.0 Å². The molecule has 3 saturated heterocycles. The zero-order valence-corrected chi connectivity index (χ0v) is 71.4. The Hall–Kier alpha value is -9.84. The van der Waals surface area contributed by atoms with Crippen LogP contribution in [0.25, 0.3) is 11.1 Å². The first-order chi connectivity index (χ1) is 59.8. The van der Waals surface area contributed by atoms with E-state index in [2.05, 4.69) is 42.5 Å². The summed E-state index contributed by atoms with van der Waals surface area (Å²) < 4.78 is 52.2. The Labute approximate surface area is 741 Å². The molecular formula is C83H93Cl3N10O28S2. The summed E-state index contributed by atoms with van der Waals surface area (Å²) in [5.74, 6) is -16.7. The second-order valence-electron chi connectivity index (χ2n) is 31.7. The number of aromatic hydroxyl groups is 3. The normalized spacial score (nSPS) is 29.6. The molecule has 24 N–H and O–H groups in total. The number of hydrogen-bond acceptors (Lipinski definition) is 32. The van der Waals surface area contributed by atoms with Crippen molar-refractivity contribution in [1.82, 2.24) is 42.5 Å². The van der Waals surface area contributed by atoms with E-state index in [0.717, 1.165) is 80.7 Å². The molecule has 0 spiro atoms. The number of carbonyl (C=O) groups is 8. The number of primary amides is 1. The minimum absolute atomic E-state index is 0.129. The van der Waals surface area contributed by atoms with Gasteiger partial charge in [0.15, 0.2) is 30.1 Å². The third-order valence-corrected chi connectivity index (χ3v) is 25.1. The van der Waals surface area contributed by atoms with Crippen LogP contribution in [0.2, 0.25) is 15.1 Å². The third-order valence-electron chi connectivity index (χ3n) is 22.0. The lowest BCUT2D eigenvalue weighted by Gasteiger charge is -2.46. The van der Waals surface area contributed by atoms with Crippen molar-refractivity contribution in [2.24, 2.45) is 17.4 Å². The van der Waals surface area contributed by atoms with Gasteiger partial charge in [-0.1, -0.05) is 78.6 Å². The van der Waals surface area contributed by atoms with E-state index >= 15 is 24.0 Å². The second kappa shape index (κ2) is 39.4. The number of aliphatic hydroxyl groups is 8. The summed E-state index contributed by atoms with van der Waals surface area (Å²) in [4.78, 5) is 122. The number of phenolic OH excluding ortho intramolecular Hbond substituents is 3. The number of rotatable bonds is 21. The molecule has 38 nitrogen and oxygen atoms in total. The maximum absolute atomic E-state index is 16.4. The van der Waals surface area contributed by atoms with Crippen molar-refractivity contribution in [3.63, 3.8) is 0 Å². The smallest absolute Gasteiger partial charge is 0.330 e. The van der Waals surface area contributed by atoms with Gasteiger partial charge >= 0.3 is 5.97 Å². The van der Waals surface area contributed by atoms with Crippen LogP contribution in [0.4, 0.5) is 0 Å². The number of carbonyl (C=O) groups excluding carboxylic acids is 7. The monoisotopic (exact) mass is 1850 g/mol. The van der Waals surface area contributed by atoms with Gasteiger partial charge in [-0.15, -0.1) is 11.3 Å². The molecule has 3 fully saturated rings. The van der Waals surface area contributed by atoms with Crippen LogP contribution < -0.4 is 68.2 Å². The Morgan fingerprint density at radius 1 is 0.667 bits per heavy atom. The number of fused-ring (bicyclic) bond motifs is 15. The number of amides is 7. The molecule has 8 aliphatic rings. The van der Waals surface area contributed by atoms with E-state index in [1.54, 1.807) is 26.0 Å². The molecule has 11 bridgehead atoms. The third kappa shape index (κ3) is 20.8. The number of aliphatic hydroxyl groups excluding tert-OH is 8. The molecule has 7 amide bonds. The van der Waals surface area contributed by atoms with Gasteiger partial charge in [-0.3, -0.25) is 33.6 Å². The number of nitrogens with two attached hydrogens (primary N) is 2. The molecule has 1 aromatic heterocycles. The first-order valence-electron chi connectivity index (χ1n) is 39.6. The molecule has 1 unspecified atom stereocenters. The van der Waals surface area contributed by atoms with Crippen molar-refractivity contribution in [3.05, 3.63) is 163 Å². The Bertz CT molecular complexity index is 5260. The van der Waals surface area contributed by atoms with Gasteiger partial charge in [-0.05, 0) is 146 Å². The molecule has 9 heterocycles. The van der Waals surface area contributed by atoms with Crippen molar-refractivity contribution < 1.29 is 138 Å². The summed E-state index contributed by atoms with van der Waals surface area (Å²) in [6.07, 6.45) is -29.1. The highest BCUT2D eigenvalue weighted by Gasteiger charge is 2.53. The fourth-order valence-corrected chi connectivity index (χ4v) is 18.2. The van der Waals surface area contributed by atoms with Gasteiger partial charge in [0.1, 0.15) is 120 Å². The topological polar surface area (TPSA) is 601 Å². The fraction of sp³-hybridized carbons (Fsp3) is 0.422. The number of thiophene rings is 1. The van der Waals surface area contributed by atoms with E-state index in [0.29, 0.717) is 5.02 Å². The number of carboxylic acids is 1. The summed E-state index contributed by atoms with van der Waals surface area (Å²) in [6.45, 7) is 5.51. The standard InChI is InChI=1S/C83H93Cl3N10O28S2/c1-31(2)18-45(89-5)74(109)95-62-64(102)34-7-15-49(43(85)20-34)118-51-22-36-23-52(71(51)123-82-69(107)67(105)72(54(30-97)121-82)124-81-68(106)66(104)65(103)53(120-81)29-90-28-40-13-17-57(126-40)125-39-11-9-37(84)10-12-39)119-50-16-8-35(21-44(50)86)70(122-56-27-83(4,88)73(108)32(3)117-56)63-79(114)94-61(80(115)116)42-24-38(98)25-48(100)58(42)41-19-33(6-14-47(41)99)59(76(111)96-63)93-77(112)60(36)92-75(110)46(26-55(87)101)91-78(62)113/h6-17,19-25,31-32,45-46,53-54,56,59-70,72-73,81-82,89-90,97-100,102-108H,18,26-30,88H2,1-5H3,(H2,87,101)(H,91,113)(H,92,110)(H,93,112)(H,94,114)(H,95,109)(H,96,111)(H,115,116)/t32-,45+,46-,53+,54+,56-,59+,60+,61+,62?,63-,64+,65-,66-,67+,68+,69+,70+,72+,73-,81-,82-,83-/m0/s1. The maximum Gasteiger partial charge on any atom is 0.330 e. The summed E-state index contributed by atoms with van der Waals surface area (Å²) in [6, 6.07) is 10.1. The van der Waals surface area contributed by atoms with Crippen LogP contribution in [0.1, 0.15) is 110 Å². The number of carboxylic acid groups (broad SMARTS) is 1. The lowest BCUT2D eigenvalue weighted by Crippen LogP contribution is -2.65. The van der Waals surface area contributed by atoms with E-state index in [9.17, 15) is 75.7 Å². The summed E-state index contributed by atoms with van der Waals surface area (Å²) >= 11 is 23.6. The molecule has 15 rings (SSSR count). The number of aliphatic carboxylic acids is 1. The zero-order valence-electron chi connectivity index (χ0n) is 67.5. The van der Waals surface area contributed by atoms with Gasteiger partial charge in [0.2, 0.25) is 53.4 Å². The van der Waals surface area contributed by atoms with Crippen molar-refractivity contribution in [2.45, 2.75) is 203 Å². The number of likely N-dealkylation sites (N-methyl/N-ethyl adjacent to an activating group) is 1. The Morgan fingerprint density at radius 2 is 1.30 bits per heavy atom. The first-order valence-corrected chi connectivity index (χ1v) is 42.4. The first kappa shape index (κ1) is 93.8. The summed E-state index contributed by atoms with van der Waals surface area (Å²) in [7, 11) is 1.46. The minimum Gasteiger partial charge on any atom is -0.508 e. The average Bonchev–Trinajstić information content (AvgIpc) is 0.820. The number of ether oxygens (including phenoxy) is 8. The van der Waals surface area contributed by atoms with Crippen molar-refractivity contribution in [2.75, 3.05) is 20.2 Å². The lowest BCUT2D eigenvalue weighted by atomic mass is 9.86. The van der Waals surface area contributed by atoms with Gasteiger partial charge in [-0.2, -0.15) is 0 Å². The highest BCUT2D eigenvalue weighted by Crippen LogP contribution is 2.51. The maximum atomic E-state index is 16.4. The number of phenols is 3. The van der Waals surface area contributed by atoms with E-state index in [1.807, 2.05) is 24.3 Å². The molecule has 8 aliphatic heterocycles. The molecular weight excluding hydrogens is 1760 g/mol. The van der Waals surface area contributed by atoms with Crippen LogP contribution in [0.3, 0.4) is 0 Å². The summed E-state index contributed by atoms with van der Waals surface area (Å²) in [5, 5.41) is 160. The van der Waals surface area contributed by atoms with E-state index in [1.165, 1.54) is 56.1 Å². The largest absolute Gasteiger partial charge is 0.508 e. The predicted octanol–water partition coefficient (Wildman–Crippen LogP) is 2.59. The minimum atomic E-state index is -2.42. The molecule has 126 heavy (non-hydrogen) atoms. The Morgan fingerprint density at radius 3 is 1.94 bits per heavy atom. The quantitative estimate of drug-likeness (QED) is 0.0491. The van der Waals surface area contributed by atoms with E-state index < -0.39 is 279 Å². The highest BCUT2D eigenvalue weighted by molar-refractivity contribution is 8.01. The number of hydrogen-bond donors (Lipinski definition) is 22. The van der Waals surface area contributed by atoms with Crippen molar-refractivity contribution in [3.8, 4) is 57.1 Å². The van der Waals surface area contributed by atoms with Gasteiger partial charge in [0.25, 0.3) is 0 Å². The van der Waals surface area contributed by atoms with Crippen LogP contribution in [-0.2, 0) is 68.6 Å². The number of halogens is 3. The Kier molecular flexibility index (Phi) is 29.3. The van der Waals surface area contributed by atoms with E-state index in [-0.39, 0.29) is 48.5 Å². The van der Waals surface area contributed by atoms with Crippen molar-refractivity contribution in [1.29, 1.82) is 0 Å². The molecule has 43 heteroatoms. The molecule has 23 atom stereocenters. The highest BCUT2D eigenvalue weighted by atomic mass is 35.5. The predicted molar refractivity (Wildman–Crippen MR) is 446 cm³/mol. The average molecular weight is 1850 g/mol. The molecule has 676 valence electrons. The second-order valence-corrected chi connectivity index (χ2v) is 35.5. The lowest BCUT2D eigenvalue weighted by molar-refractivity contribution is -0.350. The SMILES string of the molecule is CN[C@H](CC(C)C)C(=O)NC1C(=O)N[C@@H](CC(N)=O)C(=O)N[C@H]2C(=O)N[C@H]3C(=O)N[C@H](C(=O)N[C@@H](C(=O)O)c4cc(O)cc(O)c4-c4cc3ccc4O)[C@H](O[C@H]3C[C@](C)(N)[C@@H](O)[C@H](C)O3)c3ccc(c(Cl)c3)Oc3cc2cc(c3O[C@@H]2O[C@H](CO)[C@@H](O[C@@H]3O[C@H](CNCc4ccc(Sc5ccc(Cl)cc5)s4)[C@H](O)[C@H](O)[C@H]3O)[C@H](O)[C@H]2O)Oc2ccc(cc2Cl)[C@H]1O. The van der Waals surface area contributed by atoms with Gasteiger partial charge in [0.05, 0.1) is 45.5 Å². The van der Waals surface area contributed by atoms with Gasteiger partial charge in [-0.25, -0.2) is 4.79 Å². The van der Waals surface area contributed by atoms with Crippen LogP contribution in [0.15, 0.2) is 124 Å². The summed E-state index contributed by atoms with van der Waals surface area (Å²) in [5.41, 5.74) is 8.00. The van der Waals surface area contributed by atoms with Crippen LogP contribution in [-0.4, -0.2) is 238 Å². The molecule has 0 radical (unpaired) electrons. The number of nitrogens with one attached hydrogen (secondary N) is 8. The van der Waals surface area contributed by atoms with Gasteiger partial charge in [0, 0.05) is 62.6 Å². The van der Waals surface area contributed by atoms with Crippen molar-refractivity contribution >= 4 is 105 Å². The van der Waals surface area contributed by atoms with Crippen LogP contribution in [0, 0.1) is 5.92 Å². The zero-order chi connectivity index (χ0) is 90.9.